The lowest BCUT2D eigenvalue weighted by atomic mass is 10.1. The molecule has 0 aliphatic heterocycles. The molecule has 10 heteroatoms. The zero-order chi connectivity index (χ0) is 22.6. The molecule has 0 saturated carbocycles. The van der Waals surface area contributed by atoms with Gasteiger partial charge in [-0.1, -0.05) is 6.07 Å². The summed E-state index contributed by atoms with van der Waals surface area (Å²) in [5.74, 6) is 2.56. The Morgan fingerprint density at radius 2 is 1.55 bits per heavy atom. The van der Waals surface area contributed by atoms with Gasteiger partial charge in [0.1, 0.15) is 5.60 Å². The molecule has 0 saturated heterocycles. The largest absolute Gasteiger partial charge is 0.493 e. The molecule has 0 bridgehead atoms. The first-order valence-corrected chi connectivity index (χ1v) is 9.95. The summed E-state index contributed by atoms with van der Waals surface area (Å²) >= 11 is 0. The fraction of sp³-hybridized carbons (Fsp3) is 0.619. The number of nitrogens with zero attached hydrogens (tertiary/aromatic N) is 1. The molecule has 0 aromatic heterocycles. The molecular weight excluding hydrogens is 515 g/mol. The number of carbonyl (C=O) groups excluding carboxylic acids is 1. The van der Waals surface area contributed by atoms with Crippen LogP contribution in [0.4, 0.5) is 4.79 Å². The number of methoxy groups -OCH3 is 3. The van der Waals surface area contributed by atoms with Crippen molar-refractivity contribution in [3.05, 3.63) is 17.7 Å². The van der Waals surface area contributed by atoms with E-state index in [4.69, 9.17) is 18.9 Å². The number of rotatable bonds is 10. The fourth-order valence-corrected chi connectivity index (χ4v) is 2.70. The number of guanidine groups is 1. The van der Waals surface area contributed by atoms with E-state index in [2.05, 4.69) is 20.9 Å². The highest BCUT2D eigenvalue weighted by molar-refractivity contribution is 14.0. The van der Waals surface area contributed by atoms with Gasteiger partial charge in [-0.15, -0.1) is 24.0 Å². The quantitative estimate of drug-likeness (QED) is 0.178. The smallest absolute Gasteiger partial charge is 0.407 e. The van der Waals surface area contributed by atoms with Crippen molar-refractivity contribution in [2.75, 3.05) is 48.0 Å². The Hall–Kier alpha value is -2.11. The number of hydrogen-bond acceptors (Lipinski definition) is 6. The number of aliphatic imine (C=N–C) groups is 1. The highest BCUT2D eigenvalue weighted by Gasteiger charge is 2.16. The molecule has 0 spiro atoms. The number of benzene rings is 1. The molecular formula is C21H37IN4O5. The monoisotopic (exact) mass is 552 g/mol. The van der Waals surface area contributed by atoms with Gasteiger partial charge < -0.3 is 34.9 Å². The number of nitrogens with one attached hydrogen (secondary N) is 3. The topological polar surface area (TPSA) is 102 Å². The molecule has 31 heavy (non-hydrogen) atoms. The average Bonchev–Trinajstić information content (AvgIpc) is 2.70. The summed E-state index contributed by atoms with van der Waals surface area (Å²) in [7, 11) is 6.51. The molecule has 0 heterocycles. The van der Waals surface area contributed by atoms with E-state index in [1.807, 2.05) is 32.9 Å². The summed E-state index contributed by atoms with van der Waals surface area (Å²) in [6.45, 7) is 7.34. The van der Waals surface area contributed by atoms with Crippen LogP contribution in [0.5, 0.6) is 17.2 Å². The summed E-state index contributed by atoms with van der Waals surface area (Å²) in [4.78, 5) is 15.8. The van der Waals surface area contributed by atoms with Crippen LogP contribution in [0.2, 0.25) is 0 Å². The Balaban J connectivity index is 0.00000900. The van der Waals surface area contributed by atoms with Crippen molar-refractivity contribution in [1.82, 2.24) is 16.0 Å². The maximum atomic E-state index is 11.6. The van der Waals surface area contributed by atoms with Crippen LogP contribution in [0.1, 0.15) is 32.8 Å². The zero-order valence-electron chi connectivity index (χ0n) is 19.6. The third-order valence-corrected chi connectivity index (χ3v) is 4.01. The van der Waals surface area contributed by atoms with Gasteiger partial charge in [0, 0.05) is 32.2 Å². The van der Waals surface area contributed by atoms with Crippen molar-refractivity contribution in [3.8, 4) is 17.2 Å². The lowest BCUT2D eigenvalue weighted by Gasteiger charge is -2.19. The third kappa shape index (κ3) is 10.7. The molecule has 0 unspecified atom stereocenters. The number of ether oxygens (including phenoxy) is 4. The van der Waals surface area contributed by atoms with Gasteiger partial charge in [0.15, 0.2) is 17.5 Å². The molecule has 0 atom stereocenters. The molecule has 0 aliphatic carbocycles. The van der Waals surface area contributed by atoms with Crippen LogP contribution in [0, 0.1) is 0 Å². The summed E-state index contributed by atoms with van der Waals surface area (Å²) in [6.07, 6.45) is 1.04. The van der Waals surface area contributed by atoms with Crippen molar-refractivity contribution >= 4 is 36.0 Å². The number of carbonyl (C=O) groups is 1. The van der Waals surface area contributed by atoms with Gasteiger partial charge in [0.25, 0.3) is 0 Å². The number of halogens is 1. The SMILES string of the molecule is CN=C(NCCCNC(=O)OC(C)(C)C)NCCc1ccc(OC)c(OC)c1OC.I. The zero-order valence-corrected chi connectivity index (χ0v) is 21.9. The summed E-state index contributed by atoms with van der Waals surface area (Å²) in [6, 6.07) is 3.82. The molecule has 0 aliphatic rings. The molecule has 0 fully saturated rings. The van der Waals surface area contributed by atoms with Crippen LogP contribution >= 0.6 is 24.0 Å². The summed E-state index contributed by atoms with van der Waals surface area (Å²) < 4.78 is 21.4. The minimum atomic E-state index is -0.495. The van der Waals surface area contributed by atoms with Crippen molar-refractivity contribution in [1.29, 1.82) is 0 Å². The Morgan fingerprint density at radius 3 is 2.10 bits per heavy atom. The Morgan fingerprint density at radius 1 is 0.935 bits per heavy atom. The lowest BCUT2D eigenvalue weighted by molar-refractivity contribution is 0.0527. The van der Waals surface area contributed by atoms with Gasteiger partial charge in [0.2, 0.25) is 5.75 Å². The molecule has 3 N–H and O–H groups in total. The van der Waals surface area contributed by atoms with Gasteiger partial charge >= 0.3 is 6.09 Å². The van der Waals surface area contributed by atoms with E-state index in [1.54, 1.807) is 28.4 Å². The highest BCUT2D eigenvalue weighted by atomic mass is 127. The minimum absolute atomic E-state index is 0. The maximum absolute atomic E-state index is 11.6. The Kier molecular flexibility index (Phi) is 13.8. The number of amides is 1. The van der Waals surface area contributed by atoms with Crippen molar-refractivity contribution < 1.29 is 23.7 Å². The van der Waals surface area contributed by atoms with E-state index in [0.717, 1.165) is 12.0 Å². The fourth-order valence-electron chi connectivity index (χ4n) is 2.70. The van der Waals surface area contributed by atoms with E-state index < -0.39 is 11.7 Å². The molecule has 0 radical (unpaired) electrons. The van der Waals surface area contributed by atoms with Gasteiger partial charge in [-0.2, -0.15) is 0 Å². The predicted octanol–water partition coefficient (Wildman–Crippen LogP) is 2.95. The molecule has 1 aromatic carbocycles. The molecule has 9 nitrogen and oxygen atoms in total. The van der Waals surface area contributed by atoms with Crippen LogP contribution in [-0.4, -0.2) is 65.7 Å². The van der Waals surface area contributed by atoms with Crippen LogP contribution in [-0.2, 0) is 11.2 Å². The molecule has 1 amide bonds. The first-order valence-electron chi connectivity index (χ1n) is 9.95. The van der Waals surface area contributed by atoms with Crippen molar-refractivity contribution in [3.63, 3.8) is 0 Å². The second-order valence-electron chi connectivity index (χ2n) is 7.45. The van der Waals surface area contributed by atoms with E-state index in [1.165, 1.54) is 0 Å². The normalized spacial score (nSPS) is 11.1. The molecule has 1 rings (SSSR count). The third-order valence-electron chi connectivity index (χ3n) is 4.01. The second kappa shape index (κ2) is 14.8. The average molecular weight is 552 g/mol. The van der Waals surface area contributed by atoms with Gasteiger partial charge in [-0.25, -0.2) is 4.79 Å². The number of alkyl carbamates (subject to hydrolysis) is 1. The van der Waals surface area contributed by atoms with Crippen molar-refractivity contribution in [2.45, 2.75) is 39.2 Å². The van der Waals surface area contributed by atoms with Crippen LogP contribution in [0.25, 0.3) is 0 Å². The standard InChI is InChI=1S/C21H36N4O5.HI/c1-21(2,3)30-20(26)25-13-8-12-23-19(22-4)24-14-11-15-9-10-16(27-5)18(29-7)17(15)28-6;/h9-10H,8,11-14H2,1-7H3,(H,25,26)(H2,22,23,24);1H. The maximum Gasteiger partial charge on any atom is 0.407 e. The van der Waals surface area contributed by atoms with Gasteiger partial charge in [0.05, 0.1) is 21.3 Å². The van der Waals surface area contributed by atoms with Gasteiger partial charge in [-0.3, -0.25) is 4.99 Å². The van der Waals surface area contributed by atoms with E-state index >= 15 is 0 Å². The molecule has 1 aromatic rings. The number of hydrogen-bond donors (Lipinski definition) is 3. The van der Waals surface area contributed by atoms with Crippen molar-refractivity contribution in [2.24, 2.45) is 4.99 Å². The van der Waals surface area contributed by atoms with Crippen LogP contribution < -0.4 is 30.2 Å². The van der Waals surface area contributed by atoms with Crippen LogP contribution in [0.15, 0.2) is 17.1 Å². The second-order valence-corrected chi connectivity index (χ2v) is 7.45. The predicted molar refractivity (Wildman–Crippen MR) is 133 cm³/mol. The Labute approximate surface area is 202 Å². The summed E-state index contributed by atoms with van der Waals surface area (Å²) in [5.41, 5.74) is 0.505. The van der Waals surface area contributed by atoms with E-state index in [9.17, 15) is 4.79 Å². The minimum Gasteiger partial charge on any atom is -0.493 e. The lowest BCUT2D eigenvalue weighted by Crippen LogP contribution is -2.40. The summed E-state index contributed by atoms with van der Waals surface area (Å²) in [5, 5.41) is 9.21. The van der Waals surface area contributed by atoms with Gasteiger partial charge in [-0.05, 0) is 39.7 Å². The highest BCUT2D eigenvalue weighted by Crippen LogP contribution is 2.39. The first-order chi connectivity index (χ1) is 14.3. The van der Waals surface area contributed by atoms with E-state index in [0.29, 0.717) is 49.3 Å². The first kappa shape index (κ1) is 28.9. The van der Waals surface area contributed by atoms with Crippen LogP contribution in [0.3, 0.4) is 0 Å². The van der Waals surface area contributed by atoms with E-state index in [-0.39, 0.29) is 24.0 Å². The molecule has 178 valence electrons. The Bertz CT molecular complexity index is 708.